The molecule has 0 aliphatic carbocycles. The van der Waals surface area contributed by atoms with Gasteiger partial charge < -0.3 is 40.0 Å². The number of aliphatic hydroxyl groups is 4. The molecule has 0 aromatic carbocycles. The molecule has 0 bridgehead atoms. The van der Waals surface area contributed by atoms with Crippen molar-refractivity contribution in [2.45, 2.75) is 147 Å². The minimum Gasteiger partial charge on any atom is -0.463 e. The Bertz CT molecular complexity index is 646. The largest absolute Gasteiger partial charge is 0.463 e. The molecule has 0 aromatic rings. The lowest BCUT2D eigenvalue weighted by atomic mass is 9.97. The van der Waals surface area contributed by atoms with Crippen molar-refractivity contribution in [3.63, 3.8) is 0 Å². The molecular weight excluding hydrogens is 494 g/mol. The number of esters is 1. The maximum Gasteiger partial charge on any atom is 0.305 e. The Morgan fingerprint density at radius 3 is 1.89 bits per heavy atom. The van der Waals surface area contributed by atoms with Gasteiger partial charge in [0.05, 0.1) is 13.2 Å². The number of ether oxygens (including phenoxy) is 3. The van der Waals surface area contributed by atoms with Gasteiger partial charge in [0.25, 0.3) is 0 Å². The van der Waals surface area contributed by atoms with Crippen molar-refractivity contribution in [3.05, 3.63) is 0 Å². The fraction of sp³-hybridized carbons (Fsp3) is 0.929. The van der Waals surface area contributed by atoms with Crippen molar-refractivity contribution >= 4 is 11.9 Å². The summed E-state index contributed by atoms with van der Waals surface area (Å²) in [5.74, 6) is -0.868. The van der Waals surface area contributed by atoms with Gasteiger partial charge in [-0.25, -0.2) is 0 Å². The molecule has 0 aromatic heterocycles. The average molecular weight is 548 g/mol. The maximum absolute atomic E-state index is 12.1. The van der Waals surface area contributed by atoms with E-state index >= 15 is 0 Å². The molecular formula is C28H53NO9. The molecule has 1 heterocycles. The molecule has 0 saturated carbocycles. The van der Waals surface area contributed by atoms with Gasteiger partial charge in [-0.15, -0.1) is 0 Å². The topological polar surface area (TPSA) is 155 Å². The Hall–Kier alpha value is -1.30. The minimum atomic E-state index is -1.55. The zero-order chi connectivity index (χ0) is 28.4. The highest BCUT2D eigenvalue weighted by atomic mass is 16.7. The van der Waals surface area contributed by atoms with Crippen molar-refractivity contribution in [2.75, 3.05) is 19.8 Å². The molecule has 1 aliphatic rings. The van der Waals surface area contributed by atoms with Crippen LogP contribution in [0.3, 0.4) is 0 Å². The Balaban J connectivity index is 2.21. The third kappa shape index (κ3) is 14.7. The number of carbonyl (C=O) groups excluding carboxylic acids is 2. The molecule has 1 rings (SSSR count). The quantitative estimate of drug-likeness (QED) is 0.108. The predicted octanol–water partition coefficient (Wildman–Crippen LogP) is 2.72. The van der Waals surface area contributed by atoms with Gasteiger partial charge in [-0.2, -0.15) is 0 Å². The number of nitrogens with one attached hydrogen (secondary N) is 1. The number of unbranched alkanes of at least 4 members (excludes halogenated alkanes) is 12. The van der Waals surface area contributed by atoms with Crippen LogP contribution in [0.1, 0.15) is 111 Å². The second-order valence-corrected chi connectivity index (χ2v) is 10.9. The summed E-state index contributed by atoms with van der Waals surface area (Å²) in [5, 5.41) is 42.8. The third-order valence-electron chi connectivity index (χ3n) is 6.84. The zero-order valence-corrected chi connectivity index (χ0v) is 23.7. The number of hydrogen-bond acceptors (Lipinski definition) is 9. The van der Waals surface area contributed by atoms with Gasteiger partial charge in [-0.1, -0.05) is 84.0 Å². The predicted molar refractivity (Wildman–Crippen MR) is 143 cm³/mol. The summed E-state index contributed by atoms with van der Waals surface area (Å²) in [6.07, 6.45) is 10.9. The van der Waals surface area contributed by atoms with Crippen molar-refractivity contribution in [1.82, 2.24) is 5.32 Å². The van der Waals surface area contributed by atoms with Crippen LogP contribution in [0.5, 0.6) is 0 Å². The highest BCUT2D eigenvalue weighted by Gasteiger charge is 2.46. The fourth-order valence-electron chi connectivity index (χ4n) is 4.51. The van der Waals surface area contributed by atoms with Gasteiger partial charge >= 0.3 is 5.97 Å². The van der Waals surface area contributed by atoms with E-state index in [2.05, 4.69) is 12.2 Å². The van der Waals surface area contributed by atoms with Gasteiger partial charge in [0.15, 0.2) is 6.29 Å². The molecule has 38 heavy (non-hydrogen) atoms. The van der Waals surface area contributed by atoms with E-state index in [1.54, 1.807) is 0 Å². The van der Waals surface area contributed by atoms with E-state index in [-0.39, 0.29) is 19.6 Å². The van der Waals surface area contributed by atoms with E-state index in [1.165, 1.54) is 78.1 Å². The van der Waals surface area contributed by atoms with Crippen LogP contribution in [-0.2, 0) is 23.8 Å². The SMILES string of the molecule is CCCCCCCCCCCCCCCC(=O)OC[C@@](C)(O)CO[C@@H]1O[C@H](CO)[C@@H](O)[C@H](O)[C@H]1NC(C)=O. The molecule has 5 N–H and O–H groups in total. The Kier molecular flexibility index (Phi) is 18.0. The first-order valence-corrected chi connectivity index (χ1v) is 14.5. The van der Waals surface area contributed by atoms with Gasteiger partial charge in [0.1, 0.15) is 36.6 Å². The number of aliphatic hydroxyl groups excluding tert-OH is 3. The molecule has 0 spiro atoms. The molecule has 0 unspecified atom stereocenters. The standard InChI is InChI=1S/C28H53NO9/c1-4-5-6-7-8-9-10-11-12-13-14-15-16-17-23(32)36-19-28(3,35)20-37-27-24(29-21(2)31)26(34)25(33)22(18-30)38-27/h22,24-27,30,33-35H,4-20H2,1-3H3,(H,29,31)/t22-,24-,25-,26-,27-,28-/m1/s1. The number of carbonyl (C=O) groups is 2. The highest BCUT2D eigenvalue weighted by Crippen LogP contribution is 2.23. The number of hydrogen-bond donors (Lipinski definition) is 5. The molecule has 6 atom stereocenters. The summed E-state index contributed by atoms with van der Waals surface area (Å²) < 4.78 is 16.3. The van der Waals surface area contributed by atoms with E-state index in [0.717, 1.165) is 19.3 Å². The van der Waals surface area contributed by atoms with Gasteiger partial charge in [0, 0.05) is 13.3 Å². The lowest BCUT2D eigenvalue weighted by Gasteiger charge is -2.42. The van der Waals surface area contributed by atoms with Gasteiger partial charge in [-0.3, -0.25) is 9.59 Å². The van der Waals surface area contributed by atoms with Crippen LogP contribution in [0, 0.1) is 0 Å². The minimum absolute atomic E-state index is 0.285. The zero-order valence-electron chi connectivity index (χ0n) is 23.7. The summed E-state index contributed by atoms with van der Waals surface area (Å²) >= 11 is 0. The Labute approximate surface area is 228 Å². The molecule has 0 radical (unpaired) electrons. The van der Waals surface area contributed by atoms with Gasteiger partial charge in [0.2, 0.25) is 5.91 Å². The van der Waals surface area contributed by atoms with Crippen molar-refractivity contribution in [3.8, 4) is 0 Å². The van der Waals surface area contributed by atoms with E-state index in [9.17, 15) is 30.0 Å². The van der Waals surface area contributed by atoms with Crippen LogP contribution in [-0.4, -0.2) is 88.4 Å². The van der Waals surface area contributed by atoms with E-state index in [0.29, 0.717) is 0 Å². The molecule has 1 saturated heterocycles. The maximum atomic E-state index is 12.1. The first-order valence-electron chi connectivity index (χ1n) is 14.5. The van der Waals surface area contributed by atoms with Crippen molar-refractivity contribution < 1.29 is 44.2 Å². The second kappa shape index (κ2) is 19.7. The monoisotopic (exact) mass is 547 g/mol. The third-order valence-corrected chi connectivity index (χ3v) is 6.84. The lowest BCUT2D eigenvalue weighted by Crippen LogP contribution is -2.65. The Morgan fingerprint density at radius 1 is 0.868 bits per heavy atom. The van der Waals surface area contributed by atoms with Crippen LogP contribution in [0.2, 0.25) is 0 Å². The lowest BCUT2D eigenvalue weighted by molar-refractivity contribution is -0.280. The van der Waals surface area contributed by atoms with E-state index < -0.39 is 54.7 Å². The second-order valence-electron chi connectivity index (χ2n) is 10.9. The summed E-state index contributed by atoms with van der Waals surface area (Å²) in [6, 6.07) is -1.11. The normalized spacial score (nSPS) is 25.1. The summed E-state index contributed by atoms with van der Waals surface area (Å²) in [4.78, 5) is 23.6. The molecule has 224 valence electrons. The molecule has 1 aliphatic heterocycles. The van der Waals surface area contributed by atoms with Crippen LogP contribution in [0.15, 0.2) is 0 Å². The first-order chi connectivity index (χ1) is 18.1. The van der Waals surface area contributed by atoms with Crippen molar-refractivity contribution in [1.29, 1.82) is 0 Å². The molecule has 10 heteroatoms. The smallest absolute Gasteiger partial charge is 0.305 e. The summed E-state index contributed by atoms with van der Waals surface area (Å²) in [6.45, 7) is 3.70. The van der Waals surface area contributed by atoms with E-state index in [4.69, 9.17) is 14.2 Å². The Morgan fingerprint density at radius 2 is 1.39 bits per heavy atom. The number of amides is 1. The molecule has 10 nitrogen and oxygen atoms in total. The van der Waals surface area contributed by atoms with Gasteiger partial charge in [-0.05, 0) is 13.3 Å². The number of rotatable bonds is 21. The fourth-order valence-corrected chi connectivity index (χ4v) is 4.51. The molecule has 1 fully saturated rings. The van der Waals surface area contributed by atoms with E-state index in [1.807, 2.05) is 0 Å². The average Bonchev–Trinajstić information content (AvgIpc) is 2.87. The highest BCUT2D eigenvalue weighted by molar-refractivity contribution is 5.73. The van der Waals surface area contributed by atoms with Crippen LogP contribution >= 0.6 is 0 Å². The van der Waals surface area contributed by atoms with Crippen molar-refractivity contribution in [2.24, 2.45) is 0 Å². The van der Waals surface area contributed by atoms with Crippen LogP contribution in [0.4, 0.5) is 0 Å². The van der Waals surface area contributed by atoms with Crippen LogP contribution < -0.4 is 5.32 Å². The molecule has 1 amide bonds. The summed E-state index contributed by atoms with van der Waals surface area (Å²) in [7, 11) is 0. The summed E-state index contributed by atoms with van der Waals surface area (Å²) in [5.41, 5.74) is -1.55. The first kappa shape index (κ1) is 34.7. The van der Waals surface area contributed by atoms with Crippen LogP contribution in [0.25, 0.3) is 0 Å².